The third kappa shape index (κ3) is 3.16. The van der Waals surface area contributed by atoms with E-state index in [1.165, 1.54) is 10.4 Å². The molecule has 0 aliphatic rings. The number of carboxylic acid groups (broad SMARTS) is 1. The van der Waals surface area contributed by atoms with E-state index in [9.17, 15) is 13.2 Å². The molecule has 0 spiro atoms. The molecule has 0 fully saturated rings. The third-order valence-corrected chi connectivity index (χ3v) is 6.76. The Kier molecular flexibility index (Phi) is 5.11. The highest BCUT2D eigenvalue weighted by molar-refractivity contribution is 7.91. The summed E-state index contributed by atoms with van der Waals surface area (Å²) in [6.07, 6.45) is 1.45. The van der Waals surface area contributed by atoms with Gasteiger partial charge in [0.15, 0.2) is 0 Å². The molecule has 0 aliphatic carbocycles. The van der Waals surface area contributed by atoms with Gasteiger partial charge in [0.2, 0.25) is 0 Å². The van der Waals surface area contributed by atoms with Gasteiger partial charge < -0.3 is 5.11 Å². The van der Waals surface area contributed by atoms with Crippen LogP contribution in [-0.2, 0) is 10.0 Å². The van der Waals surface area contributed by atoms with Crippen LogP contribution in [0.1, 0.15) is 41.9 Å². The molecule has 7 heteroatoms. The molecule has 0 aromatic carbocycles. The maximum absolute atomic E-state index is 12.4. The minimum Gasteiger partial charge on any atom is -0.477 e. The minimum atomic E-state index is -3.61. The van der Waals surface area contributed by atoms with Crippen LogP contribution in [0.2, 0.25) is 0 Å². The van der Waals surface area contributed by atoms with Gasteiger partial charge in [-0.3, -0.25) is 0 Å². The van der Waals surface area contributed by atoms with Gasteiger partial charge in [-0.2, -0.15) is 4.31 Å². The third-order valence-electron chi connectivity index (χ3n) is 3.18. The SMILES string of the molecule is CCC(CC)N(C)S(=O)(=O)c1cc(C)c(C(=O)O)s1. The molecule has 108 valence electrons. The molecule has 0 atom stereocenters. The average Bonchev–Trinajstić information content (AvgIpc) is 2.73. The Morgan fingerprint density at radius 2 is 1.95 bits per heavy atom. The summed E-state index contributed by atoms with van der Waals surface area (Å²) in [4.78, 5) is 11.1. The lowest BCUT2D eigenvalue weighted by molar-refractivity contribution is 0.0701. The number of thiophene rings is 1. The second-order valence-electron chi connectivity index (χ2n) is 4.37. The average molecular weight is 305 g/mol. The van der Waals surface area contributed by atoms with Gasteiger partial charge in [-0.15, -0.1) is 11.3 Å². The lowest BCUT2D eigenvalue weighted by Gasteiger charge is -2.24. The Bertz CT molecular complexity index is 558. The van der Waals surface area contributed by atoms with E-state index in [1.807, 2.05) is 13.8 Å². The number of rotatable bonds is 6. The predicted molar refractivity (Wildman–Crippen MR) is 75.3 cm³/mol. The van der Waals surface area contributed by atoms with Crippen molar-refractivity contribution in [2.24, 2.45) is 0 Å². The van der Waals surface area contributed by atoms with Gasteiger partial charge in [-0.1, -0.05) is 13.8 Å². The first-order valence-electron chi connectivity index (χ1n) is 6.07. The summed E-state index contributed by atoms with van der Waals surface area (Å²) in [5.74, 6) is -1.09. The highest BCUT2D eigenvalue weighted by Crippen LogP contribution is 2.29. The predicted octanol–water partition coefficient (Wildman–Crippen LogP) is 2.56. The zero-order chi connectivity index (χ0) is 14.8. The summed E-state index contributed by atoms with van der Waals surface area (Å²) in [7, 11) is -2.06. The fraction of sp³-hybridized carbons (Fsp3) is 0.583. The van der Waals surface area contributed by atoms with Gasteiger partial charge >= 0.3 is 5.97 Å². The fourth-order valence-electron chi connectivity index (χ4n) is 1.93. The van der Waals surface area contributed by atoms with Crippen LogP contribution in [0, 0.1) is 6.92 Å². The van der Waals surface area contributed by atoms with E-state index in [-0.39, 0.29) is 15.1 Å². The molecular weight excluding hydrogens is 286 g/mol. The molecule has 5 nitrogen and oxygen atoms in total. The normalized spacial score (nSPS) is 12.3. The topological polar surface area (TPSA) is 74.7 Å². The van der Waals surface area contributed by atoms with Gasteiger partial charge in [-0.05, 0) is 31.4 Å². The van der Waals surface area contributed by atoms with E-state index in [0.717, 1.165) is 24.2 Å². The van der Waals surface area contributed by atoms with E-state index in [0.29, 0.717) is 5.56 Å². The molecule has 0 saturated carbocycles. The summed E-state index contributed by atoms with van der Waals surface area (Å²) in [6, 6.07) is 1.36. The molecule has 19 heavy (non-hydrogen) atoms. The summed E-state index contributed by atoms with van der Waals surface area (Å²) in [6.45, 7) is 5.47. The number of aromatic carboxylic acids is 1. The van der Waals surface area contributed by atoms with Crippen LogP contribution in [-0.4, -0.2) is 36.9 Å². The Morgan fingerprint density at radius 3 is 2.32 bits per heavy atom. The van der Waals surface area contributed by atoms with E-state index in [1.54, 1.807) is 14.0 Å². The number of aryl methyl sites for hydroxylation is 1. The van der Waals surface area contributed by atoms with E-state index in [4.69, 9.17) is 5.11 Å². The molecule has 1 heterocycles. The van der Waals surface area contributed by atoms with Crippen molar-refractivity contribution in [2.45, 2.75) is 43.9 Å². The van der Waals surface area contributed by atoms with Gasteiger partial charge in [0.25, 0.3) is 10.0 Å². The first kappa shape index (κ1) is 16.1. The van der Waals surface area contributed by atoms with Gasteiger partial charge in [0.05, 0.1) is 0 Å². The van der Waals surface area contributed by atoms with Crippen molar-refractivity contribution in [1.82, 2.24) is 4.31 Å². The van der Waals surface area contributed by atoms with Crippen molar-refractivity contribution in [1.29, 1.82) is 0 Å². The van der Waals surface area contributed by atoms with Crippen molar-refractivity contribution in [2.75, 3.05) is 7.05 Å². The van der Waals surface area contributed by atoms with Crippen molar-refractivity contribution in [3.63, 3.8) is 0 Å². The number of hydrogen-bond donors (Lipinski definition) is 1. The minimum absolute atomic E-state index is 0.0688. The maximum Gasteiger partial charge on any atom is 0.346 e. The van der Waals surface area contributed by atoms with Crippen LogP contribution in [0.5, 0.6) is 0 Å². The highest BCUT2D eigenvalue weighted by atomic mass is 32.2. The number of nitrogens with zero attached hydrogens (tertiary/aromatic N) is 1. The molecule has 0 aliphatic heterocycles. The number of hydrogen-bond acceptors (Lipinski definition) is 4. The first-order chi connectivity index (χ1) is 8.75. The molecule has 1 aromatic heterocycles. The summed E-state index contributed by atoms with van der Waals surface area (Å²) in [5, 5.41) is 8.99. The van der Waals surface area contributed by atoms with Crippen molar-refractivity contribution in [3.8, 4) is 0 Å². The molecular formula is C12H19NO4S2. The van der Waals surface area contributed by atoms with Gasteiger partial charge in [0, 0.05) is 13.1 Å². The summed E-state index contributed by atoms with van der Waals surface area (Å²) in [5.41, 5.74) is 0.481. The Hall–Kier alpha value is -0.920. The lowest BCUT2D eigenvalue weighted by Crippen LogP contribution is -2.35. The first-order valence-corrected chi connectivity index (χ1v) is 8.33. The van der Waals surface area contributed by atoms with Crippen molar-refractivity contribution >= 4 is 27.3 Å². The number of carbonyl (C=O) groups is 1. The monoisotopic (exact) mass is 305 g/mol. The maximum atomic E-state index is 12.4. The van der Waals surface area contributed by atoms with Crippen molar-refractivity contribution in [3.05, 3.63) is 16.5 Å². The van der Waals surface area contributed by atoms with E-state index in [2.05, 4.69) is 0 Å². The zero-order valence-corrected chi connectivity index (χ0v) is 13.1. The number of carboxylic acids is 1. The summed E-state index contributed by atoms with van der Waals surface area (Å²) < 4.78 is 26.3. The quantitative estimate of drug-likeness (QED) is 0.876. The van der Waals surface area contributed by atoms with Crippen LogP contribution in [0.15, 0.2) is 10.3 Å². The largest absolute Gasteiger partial charge is 0.477 e. The molecule has 0 unspecified atom stereocenters. The second kappa shape index (κ2) is 6.02. The van der Waals surface area contributed by atoms with Gasteiger partial charge in [-0.25, -0.2) is 13.2 Å². The smallest absolute Gasteiger partial charge is 0.346 e. The standard InChI is InChI=1S/C12H19NO4S2/c1-5-9(6-2)13(4)19(16,17)10-7-8(3)11(18-10)12(14)15/h7,9H,5-6H2,1-4H3,(H,14,15). The lowest BCUT2D eigenvalue weighted by atomic mass is 10.2. The van der Waals surface area contributed by atoms with Crippen LogP contribution in [0.3, 0.4) is 0 Å². The highest BCUT2D eigenvalue weighted by Gasteiger charge is 2.29. The second-order valence-corrected chi connectivity index (χ2v) is 7.65. The molecule has 1 aromatic rings. The van der Waals surface area contributed by atoms with Crippen molar-refractivity contribution < 1.29 is 18.3 Å². The van der Waals surface area contributed by atoms with Crippen LogP contribution >= 0.6 is 11.3 Å². The van der Waals surface area contributed by atoms with Gasteiger partial charge in [0.1, 0.15) is 9.09 Å². The molecule has 0 radical (unpaired) electrons. The number of sulfonamides is 1. The molecule has 1 rings (SSSR count). The summed E-state index contributed by atoms with van der Waals surface area (Å²) >= 11 is 0.812. The zero-order valence-electron chi connectivity index (χ0n) is 11.5. The molecule has 0 amide bonds. The Balaban J connectivity index is 3.20. The fourth-order valence-corrected chi connectivity index (χ4v) is 5.00. The Morgan fingerprint density at radius 1 is 1.42 bits per heavy atom. The Labute approximate surface area is 117 Å². The van der Waals surface area contributed by atoms with Crippen LogP contribution in [0.25, 0.3) is 0 Å². The van der Waals surface area contributed by atoms with E-state index >= 15 is 0 Å². The van der Waals surface area contributed by atoms with Crippen LogP contribution in [0.4, 0.5) is 0 Å². The van der Waals surface area contributed by atoms with E-state index < -0.39 is 16.0 Å². The molecule has 0 bridgehead atoms. The van der Waals surface area contributed by atoms with Crippen LogP contribution < -0.4 is 0 Å². The molecule has 0 saturated heterocycles. The molecule has 1 N–H and O–H groups in total.